The van der Waals surface area contributed by atoms with E-state index in [1.54, 1.807) is 0 Å². The zero-order chi connectivity index (χ0) is 36.1. The van der Waals surface area contributed by atoms with Gasteiger partial charge in [-0.1, -0.05) is 135 Å². The lowest BCUT2D eigenvalue weighted by Crippen LogP contribution is -2.56. The van der Waals surface area contributed by atoms with E-state index < -0.39 is 12.1 Å². The van der Waals surface area contributed by atoms with E-state index in [1.807, 2.05) is 59.5 Å². The zero-order valence-corrected chi connectivity index (χ0v) is 30.4. The van der Waals surface area contributed by atoms with Gasteiger partial charge in [-0.05, 0) is 77.0 Å². The van der Waals surface area contributed by atoms with Crippen molar-refractivity contribution in [1.29, 1.82) is 0 Å². The van der Waals surface area contributed by atoms with Gasteiger partial charge >= 0.3 is 0 Å². The summed E-state index contributed by atoms with van der Waals surface area (Å²) >= 11 is 0. The van der Waals surface area contributed by atoms with Gasteiger partial charge in [0.1, 0.15) is 12.1 Å². The SMILES string of the molecule is CCCCCN(CCc1ccccc1)C(=O)C(Cc1ccc2ccccc2c1)NC(=O)C(Cc1ccc2ccccc2c1)NC(=O)C1CCNCC1. The Morgan fingerprint density at radius 2 is 1.23 bits per heavy atom. The Morgan fingerprint density at radius 1 is 0.654 bits per heavy atom. The van der Waals surface area contributed by atoms with E-state index in [0.29, 0.717) is 25.9 Å². The predicted octanol–water partition coefficient (Wildman–Crippen LogP) is 7.01. The van der Waals surface area contributed by atoms with E-state index in [4.69, 9.17) is 0 Å². The maximum absolute atomic E-state index is 14.7. The lowest BCUT2D eigenvalue weighted by Gasteiger charge is -2.30. The van der Waals surface area contributed by atoms with Gasteiger partial charge in [0.2, 0.25) is 17.7 Å². The molecule has 1 fully saturated rings. The second-order valence-electron chi connectivity index (χ2n) is 14.2. The van der Waals surface area contributed by atoms with E-state index in [1.165, 1.54) is 5.56 Å². The number of unbranched alkanes of at least 4 members (excludes halogenated alkanes) is 2. The predicted molar refractivity (Wildman–Crippen MR) is 211 cm³/mol. The van der Waals surface area contributed by atoms with E-state index in [9.17, 15) is 14.4 Å². The fourth-order valence-corrected chi connectivity index (χ4v) is 7.27. The number of hydrogen-bond acceptors (Lipinski definition) is 4. The molecule has 3 amide bonds. The smallest absolute Gasteiger partial charge is 0.245 e. The topological polar surface area (TPSA) is 90.5 Å². The van der Waals surface area contributed by atoms with Gasteiger partial charge in [0, 0.05) is 31.8 Å². The van der Waals surface area contributed by atoms with Crippen molar-refractivity contribution in [3.8, 4) is 0 Å². The summed E-state index contributed by atoms with van der Waals surface area (Å²) in [6, 6.07) is 37.3. The maximum atomic E-state index is 14.7. The molecule has 5 aromatic rings. The van der Waals surface area contributed by atoms with Crippen LogP contribution in [0.1, 0.15) is 55.7 Å². The first-order valence-corrected chi connectivity index (χ1v) is 19.1. The summed E-state index contributed by atoms with van der Waals surface area (Å²) in [5, 5.41) is 14.0. The number of rotatable bonds is 16. The molecule has 3 N–H and O–H groups in total. The molecule has 0 aliphatic carbocycles. The van der Waals surface area contributed by atoms with Crippen LogP contribution >= 0.6 is 0 Å². The second kappa shape index (κ2) is 18.5. The highest BCUT2D eigenvalue weighted by atomic mass is 16.2. The van der Waals surface area contributed by atoms with Crippen molar-refractivity contribution in [3.05, 3.63) is 132 Å². The molecule has 7 heteroatoms. The zero-order valence-electron chi connectivity index (χ0n) is 30.4. The molecule has 2 unspecified atom stereocenters. The van der Waals surface area contributed by atoms with Crippen LogP contribution < -0.4 is 16.0 Å². The summed E-state index contributed by atoms with van der Waals surface area (Å²) in [5.74, 6) is -0.701. The van der Waals surface area contributed by atoms with Gasteiger partial charge in [0.25, 0.3) is 0 Å². The molecule has 2 atom stereocenters. The first kappa shape index (κ1) is 36.8. The molecule has 1 heterocycles. The van der Waals surface area contributed by atoms with Crippen LogP contribution in [0.4, 0.5) is 0 Å². The summed E-state index contributed by atoms with van der Waals surface area (Å²) in [5.41, 5.74) is 3.09. The highest BCUT2D eigenvalue weighted by Crippen LogP contribution is 2.20. The minimum Gasteiger partial charge on any atom is -0.344 e. The molecule has 7 nitrogen and oxygen atoms in total. The molecule has 1 aliphatic heterocycles. The Hall–Kier alpha value is -5.01. The number of carbonyl (C=O) groups is 3. The van der Waals surface area contributed by atoms with Crippen molar-refractivity contribution in [3.63, 3.8) is 0 Å². The van der Waals surface area contributed by atoms with Crippen molar-refractivity contribution < 1.29 is 14.4 Å². The fourth-order valence-electron chi connectivity index (χ4n) is 7.27. The summed E-state index contributed by atoms with van der Waals surface area (Å²) in [6.07, 6.45) is 5.81. The Bertz CT molecular complexity index is 1940. The minimum absolute atomic E-state index is 0.0947. The molecule has 270 valence electrons. The number of nitrogens with zero attached hydrogens (tertiary/aromatic N) is 1. The Balaban J connectivity index is 1.29. The van der Waals surface area contributed by atoms with Crippen LogP contribution in [0.5, 0.6) is 0 Å². The standard InChI is InChI=1S/C45H52N4O3/c1-2-3-11-27-49(28-24-33-12-5-4-6-13-33)45(52)42(32-35-19-21-37-15-8-10-17-40(37)30-35)48-44(51)41(47-43(50)38-22-25-46-26-23-38)31-34-18-20-36-14-7-9-16-39(36)29-34/h4-10,12-21,29-30,38,41-42,46H,2-3,11,22-28,31-32H2,1H3,(H,47,50)(H,48,51). The van der Waals surface area contributed by atoms with Crippen LogP contribution in [-0.2, 0) is 33.6 Å². The van der Waals surface area contributed by atoms with Gasteiger partial charge in [-0.25, -0.2) is 0 Å². The van der Waals surface area contributed by atoms with Crippen molar-refractivity contribution in [1.82, 2.24) is 20.9 Å². The van der Waals surface area contributed by atoms with Crippen LogP contribution in [0, 0.1) is 5.92 Å². The van der Waals surface area contributed by atoms with E-state index in [-0.39, 0.29) is 23.6 Å². The Labute approximate surface area is 308 Å². The highest BCUT2D eigenvalue weighted by Gasteiger charge is 2.32. The van der Waals surface area contributed by atoms with E-state index >= 15 is 0 Å². The minimum atomic E-state index is -0.840. The van der Waals surface area contributed by atoms with Crippen molar-refractivity contribution in [2.24, 2.45) is 5.92 Å². The first-order valence-electron chi connectivity index (χ1n) is 19.1. The number of nitrogens with one attached hydrogen (secondary N) is 3. The summed E-state index contributed by atoms with van der Waals surface area (Å²) in [6.45, 7) is 4.89. The van der Waals surface area contributed by atoms with Crippen LogP contribution in [-0.4, -0.2) is 60.9 Å². The number of carbonyl (C=O) groups excluding carboxylic acids is 3. The lowest BCUT2D eigenvalue weighted by atomic mass is 9.95. The monoisotopic (exact) mass is 696 g/mol. The molecule has 52 heavy (non-hydrogen) atoms. The molecule has 0 bridgehead atoms. The molecule has 1 saturated heterocycles. The van der Waals surface area contributed by atoms with Crippen LogP contribution in [0.15, 0.2) is 115 Å². The van der Waals surface area contributed by atoms with E-state index in [0.717, 1.165) is 84.3 Å². The number of benzene rings is 5. The summed E-state index contributed by atoms with van der Waals surface area (Å²) < 4.78 is 0. The Kier molecular flexibility index (Phi) is 13.1. The normalized spacial score (nSPS) is 14.5. The fraction of sp³-hybridized carbons (Fsp3) is 0.356. The van der Waals surface area contributed by atoms with Crippen molar-refractivity contribution in [2.45, 2.75) is 70.4 Å². The van der Waals surface area contributed by atoms with Crippen LogP contribution in [0.2, 0.25) is 0 Å². The van der Waals surface area contributed by atoms with Crippen molar-refractivity contribution >= 4 is 39.3 Å². The second-order valence-corrected chi connectivity index (χ2v) is 14.2. The molecule has 1 aliphatic rings. The van der Waals surface area contributed by atoms with Gasteiger partial charge in [0.05, 0.1) is 0 Å². The molecule has 0 saturated carbocycles. The first-order chi connectivity index (χ1) is 25.5. The molecule has 0 aromatic heterocycles. The van der Waals surface area contributed by atoms with Crippen molar-refractivity contribution in [2.75, 3.05) is 26.2 Å². The largest absolute Gasteiger partial charge is 0.344 e. The average Bonchev–Trinajstić information content (AvgIpc) is 3.19. The molecule has 6 rings (SSSR count). The number of piperidine rings is 1. The molecule has 5 aromatic carbocycles. The average molecular weight is 697 g/mol. The van der Waals surface area contributed by atoms with E-state index in [2.05, 4.69) is 83.5 Å². The maximum Gasteiger partial charge on any atom is 0.245 e. The number of hydrogen-bond donors (Lipinski definition) is 3. The molecule has 0 radical (unpaired) electrons. The molecular formula is C45H52N4O3. The Morgan fingerprint density at radius 3 is 1.85 bits per heavy atom. The van der Waals surface area contributed by atoms with Gasteiger partial charge in [-0.2, -0.15) is 0 Å². The summed E-state index contributed by atoms with van der Waals surface area (Å²) in [7, 11) is 0. The molecular weight excluding hydrogens is 645 g/mol. The number of fused-ring (bicyclic) bond motifs is 2. The summed E-state index contributed by atoms with van der Waals surface area (Å²) in [4.78, 5) is 44.7. The van der Waals surface area contributed by atoms with Gasteiger partial charge in [-0.3, -0.25) is 14.4 Å². The number of amides is 3. The lowest BCUT2D eigenvalue weighted by molar-refractivity contribution is -0.137. The third kappa shape index (κ3) is 10.1. The third-order valence-corrected chi connectivity index (χ3v) is 10.3. The van der Waals surface area contributed by atoms with Gasteiger partial charge in [-0.15, -0.1) is 0 Å². The van der Waals surface area contributed by atoms with Gasteiger partial charge < -0.3 is 20.9 Å². The highest BCUT2D eigenvalue weighted by molar-refractivity contribution is 5.93. The molecule has 0 spiro atoms. The third-order valence-electron chi connectivity index (χ3n) is 10.3. The quantitative estimate of drug-likeness (QED) is 0.0969. The van der Waals surface area contributed by atoms with Crippen LogP contribution in [0.3, 0.4) is 0 Å². The van der Waals surface area contributed by atoms with Crippen LogP contribution in [0.25, 0.3) is 21.5 Å². The van der Waals surface area contributed by atoms with Gasteiger partial charge in [0.15, 0.2) is 0 Å².